The van der Waals surface area contributed by atoms with Gasteiger partial charge in [-0.05, 0) is 25.0 Å². The summed E-state index contributed by atoms with van der Waals surface area (Å²) in [4.78, 5) is 17.3. The highest BCUT2D eigenvalue weighted by Crippen LogP contribution is 2.39. The molecular weight excluding hydrogens is 290 g/mol. The first-order valence-electron chi connectivity index (χ1n) is 8.04. The molecule has 0 radical (unpaired) electrons. The molecule has 4 N–H and O–H groups in total. The number of hydrogen-bond acceptors (Lipinski definition) is 7. The number of pyridine rings is 1. The molecule has 1 saturated carbocycles. The minimum absolute atomic E-state index is 0.215. The summed E-state index contributed by atoms with van der Waals surface area (Å²) >= 11 is 0. The number of nitrogens with zero attached hydrogens (tertiary/aromatic N) is 5. The molecule has 1 saturated heterocycles. The zero-order chi connectivity index (χ0) is 15.8. The largest absolute Gasteiger partial charge is 0.382 e. The van der Waals surface area contributed by atoms with Crippen molar-refractivity contribution >= 4 is 23.1 Å². The predicted octanol–water partition coefficient (Wildman–Crippen LogP) is 1.24. The molecule has 2 aromatic heterocycles. The summed E-state index contributed by atoms with van der Waals surface area (Å²) in [5, 5.41) is 0. The van der Waals surface area contributed by atoms with Crippen LogP contribution in [0.3, 0.4) is 0 Å². The Morgan fingerprint density at radius 2 is 1.65 bits per heavy atom. The minimum atomic E-state index is 0.215. The van der Waals surface area contributed by atoms with Gasteiger partial charge in [-0.3, -0.25) is 4.98 Å². The third kappa shape index (κ3) is 2.86. The lowest BCUT2D eigenvalue weighted by Crippen LogP contribution is -2.46. The Hall–Kier alpha value is -2.57. The highest BCUT2D eigenvalue weighted by atomic mass is 15.3. The Labute approximate surface area is 135 Å². The first kappa shape index (κ1) is 14.0. The molecule has 1 aliphatic heterocycles. The summed E-state index contributed by atoms with van der Waals surface area (Å²) < 4.78 is 0. The van der Waals surface area contributed by atoms with E-state index in [0.717, 1.165) is 31.9 Å². The Morgan fingerprint density at radius 1 is 0.913 bits per heavy atom. The average molecular weight is 311 g/mol. The lowest BCUT2D eigenvalue weighted by atomic mass is 10.2. The predicted molar refractivity (Wildman–Crippen MR) is 91.5 cm³/mol. The average Bonchev–Trinajstić information content (AvgIpc) is 3.40. The molecule has 2 aromatic rings. The summed E-state index contributed by atoms with van der Waals surface area (Å²) in [6.45, 7) is 3.60. The number of nitrogens with two attached hydrogens (primary N) is 2. The van der Waals surface area contributed by atoms with Gasteiger partial charge in [0.1, 0.15) is 0 Å². The second kappa shape index (κ2) is 5.57. The molecule has 4 rings (SSSR count). The van der Waals surface area contributed by atoms with Crippen LogP contribution in [-0.2, 0) is 0 Å². The molecule has 0 spiro atoms. The molecule has 23 heavy (non-hydrogen) atoms. The Balaban J connectivity index is 1.42. The number of rotatable bonds is 3. The second-order valence-corrected chi connectivity index (χ2v) is 6.19. The number of nitrogen functional groups attached to an aromatic ring is 2. The fourth-order valence-corrected chi connectivity index (χ4v) is 3.06. The van der Waals surface area contributed by atoms with Gasteiger partial charge >= 0.3 is 0 Å². The van der Waals surface area contributed by atoms with Crippen LogP contribution in [-0.4, -0.2) is 41.1 Å². The van der Waals surface area contributed by atoms with Gasteiger partial charge < -0.3 is 21.3 Å². The third-order valence-corrected chi connectivity index (χ3v) is 4.57. The van der Waals surface area contributed by atoms with Crippen LogP contribution in [0.15, 0.2) is 24.5 Å². The van der Waals surface area contributed by atoms with Gasteiger partial charge in [0.05, 0.1) is 23.8 Å². The van der Waals surface area contributed by atoms with Crippen LogP contribution in [0.1, 0.15) is 24.5 Å². The quantitative estimate of drug-likeness (QED) is 0.880. The van der Waals surface area contributed by atoms with Gasteiger partial charge in [-0.15, -0.1) is 0 Å². The van der Waals surface area contributed by atoms with E-state index in [0.29, 0.717) is 11.7 Å². The van der Waals surface area contributed by atoms with Gasteiger partial charge in [0.2, 0.25) is 5.95 Å². The van der Waals surface area contributed by atoms with Crippen molar-refractivity contribution < 1.29 is 0 Å². The fourth-order valence-electron chi connectivity index (χ4n) is 3.06. The SMILES string of the molecule is Nc1ncc(N2CCN(c3ccc(C4CC4)nc3)CC2)c(N)n1. The van der Waals surface area contributed by atoms with Gasteiger partial charge in [0.15, 0.2) is 5.82 Å². The van der Waals surface area contributed by atoms with Gasteiger partial charge in [-0.1, -0.05) is 0 Å². The molecule has 3 heterocycles. The highest BCUT2D eigenvalue weighted by Gasteiger charge is 2.25. The standard InChI is InChI=1S/C16H21N7/c17-15-14(10-20-16(18)21-15)23-7-5-22(6-8-23)12-3-4-13(19-9-12)11-1-2-11/h3-4,9-11H,1-2,5-8H2,(H4,17,18,20,21). The van der Waals surface area contributed by atoms with Crippen molar-refractivity contribution in [2.45, 2.75) is 18.8 Å². The van der Waals surface area contributed by atoms with E-state index in [1.165, 1.54) is 24.2 Å². The van der Waals surface area contributed by atoms with Crippen molar-refractivity contribution in [3.63, 3.8) is 0 Å². The molecule has 120 valence electrons. The lowest BCUT2D eigenvalue weighted by molar-refractivity contribution is 0.651. The molecule has 0 aromatic carbocycles. The van der Waals surface area contributed by atoms with Gasteiger partial charge in [0.25, 0.3) is 0 Å². The van der Waals surface area contributed by atoms with Crippen LogP contribution in [0.5, 0.6) is 0 Å². The van der Waals surface area contributed by atoms with E-state index >= 15 is 0 Å². The first-order chi connectivity index (χ1) is 11.2. The maximum atomic E-state index is 5.95. The van der Waals surface area contributed by atoms with Crippen molar-refractivity contribution in [2.75, 3.05) is 47.4 Å². The van der Waals surface area contributed by atoms with Crippen molar-refractivity contribution in [2.24, 2.45) is 0 Å². The number of hydrogen-bond donors (Lipinski definition) is 2. The molecule has 0 amide bonds. The van der Waals surface area contributed by atoms with E-state index in [1.807, 2.05) is 6.20 Å². The maximum Gasteiger partial charge on any atom is 0.222 e. The molecule has 7 nitrogen and oxygen atoms in total. The Kier molecular flexibility index (Phi) is 3.40. The zero-order valence-electron chi connectivity index (χ0n) is 13.0. The van der Waals surface area contributed by atoms with Gasteiger partial charge in [-0.2, -0.15) is 4.98 Å². The van der Waals surface area contributed by atoms with Crippen molar-refractivity contribution in [1.82, 2.24) is 15.0 Å². The van der Waals surface area contributed by atoms with Gasteiger partial charge in [0, 0.05) is 37.8 Å². The van der Waals surface area contributed by atoms with Crippen molar-refractivity contribution in [1.29, 1.82) is 0 Å². The number of anilines is 4. The number of aromatic nitrogens is 3. The fraction of sp³-hybridized carbons (Fsp3) is 0.438. The summed E-state index contributed by atoms with van der Waals surface area (Å²) in [6, 6.07) is 4.36. The van der Waals surface area contributed by atoms with Crippen molar-refractivity contribution in [3.05, 3.63) is 30.2 Å². The number of piperazine rings is 1. The van der Waals surface area contributed by atoms with Crippen LogP contribution >= 0.6 is 0 Å². The topological polar surface area (TPSA) is 97.2 Å². The van der Waals surface area contributed by atoms with Crippen LogP contribution in [0.4, 0.5) is 23.1 Å². The molecule has 1 aliphatic carbocycles. The van der Waals surface area contributed by atoms with E-state index in [9.17, 15) is 0 Å². The van der Waals surface area contributed by atoms with E-state index in [1.54, 1.807) is 6.20 Å². The Morgan fingerprint density at radius 3 is 2.26 bits per heavy atom. The third-order valence-electron chi connectivity index (χ3n) is 4.57. The smallest absolute Gasteiger partial charge is 0.222 e. The van der Waals surface area contributed by atoms with E-state index in [-0.39, 0.29) is 5.95 Å². The maximum absolute atomic E-state index is 5.95. The van der Waals surface area contributed by atoms with E-state index in [4.69, 9.17) is 11.5 Å². The van der Waals surface area contributed by atoms with Crippen LogP contribution in [0.2, 0.25) is 0 Å². The Bertz CT molecular complexity index is 688. The molecule has 0 unspecified atom stereocenters. The molecule has 0 bridgehead atoms. The molecular formula is C16H21N7. The minimum Gasteiger partial charge on any atom is -0.382 e. The summed E-state index contributed by atoms with van der Waals surface area (Å²) in [5.74, 6) is 1.36. The zero-order valence-corrected chi connectivity index (χ0v) is 13.0. The normalized spacial score (nSPS) is 18.3. The van der Waals surface area contributed by atoms with E-state index < -0.39 is 0 Å². The summed E-state index contributed by atoms with van der Waals surface area (Å²) in [7, 11) is 0. The first-order valence-corrected chi connectivity index (χ1v) is 8.04. The van der Waals surface area contributed by atoms with Crippen LogP contribution in [0.25, 0.3) is 0 Å². The monoisotopic (exact) mass is 311 g/mol. The summed E-state index contributed by atoms with van der Waals surface area (Å²) in [6.07, 6.45) is 6.29. The molecule has 0 atom stereocenters. The van der Waals surface area contributed by atoms with Crippen LogP contribution < -0.4 is 21.3 Å². The van der Waals surface area contributed by atoms with Gasteiger partial charge in [-0.25, -0.2) is 4.98 Å². The highest BCUT2D eigenvalue weighted by molar-refractivity contribution is 5.64. The summed E-state index contributed by atoms with van der Waals surface area (Å²) in [5.41, 5.74) is 14.8. The molecule has 2 fully saturated rings. The molecule has 7 heteroatoms. The lowest BCUT2D eigenvalue weighted by Gasteiger charge is -2.37. The van der Waals surface area contributed by atoms with Crippen molar-refractivity contribution in [3.8, 4) is 0 Å². The molecule has 2 aliphatic rings. The van der Waals surface area contributed by atoms with E-state index in [2.05, 4.69) is 36.9 Å². The van der Waals surface area contributed by atoms with Crippen LogP contribution in [0, 0.1) is 0 Å². The second-order valence-electron chi connectivity index (χ2n) is 6.19.